The van der Waals surface area contributed by atoms with Crippen LogP contribution in [0.4, 0.5) is 0 Å². The molecule has 0 amide bonds. The molecule has 12 heavy (non-hydrogen) atoms. The molecule has 0 radical (unpaired) electrons. The van der Waals surface area contributed by atoms with Crippen molar-refractivity contribution >= 4 is 35.5 Å². The van der Waals surface area contributed by atoms with E-state index in [1.54, 1.807) is 0 Å². The minimum atomic E-state index is -2.10. The molecule has 0 unspecified atom stereocenters. The van der Waals surface area contributed by atoms with E-state index in [0.717, 1.165) is 18.5 Å². The maximum absolute atomic E-state index is 11.1. The third-order valence-electron chi connectivity index (χ3n) is 1.70. The Morgan fingerprint density at radius 1 is 1.17 bits per heavy atom. The Morgan fingerprint density at radius 3 is 2.17 bits per heavy atom. The Morgan fingerprint density at radius 2 is 1.75 bits per heavy atom. The molecule has 0 fully saturated rings. The molecule has 0 rings (SSSR count). The van der Waals surface area contributed by atoms with Crippen LogP contribution in [0.5, 0.6) is 0 Å². The summed E-state index contributed by atoms with van der Waals surface area (Å²) < 4.78 is 9.04. The first-order valence-corrected chi connectivity index (χ1v) is 10.3. The first-order chi connectivity index (χ1) is 5.42. The van der Waals surface area contributed by atoms with E-state index in [0.29, 0.717) is 0 Å². The highest BCUT2D eigenvalue weighted by atomic mass is 79.9. The average molecular weight is 320 g/mol. The second kappa shape index (κ2) is 6.62. The monoisotopic (exact) mass is 318 g/mol. The van der Waals surface area contributed by atoms with Gasteiger partial charge in [0.25, 0.3) is 0 Å². The van der Waals surface area contributed by atoms with Gasteiger partial charge >= 0.3 is 0 Å². The summed E-state index contributed by atoms with van der Waals surface area (Å²) in [5.74, 6) is 0.796. The summed E-state index contributed by atoms with van der Waals surface area (Å²) >= 11 is 6.26. The Kier molecular flexibility index (Phi) is 7.27. The van der Waals surface area contributed by atoms with Crippen molar-refractivity contribution in [1.82, 2.24) is 0 Å². The lowest BCUT2D eigenvalue weighted by Gasteiger charge is -2.04. The fourth-order valence-electron chi connectivity index (χ4n) is 1.03. The van der Waals surface area contributed by atoms with Crippen LogP contribution in [0.1, 0.15) is 39.5 Å². The van der Waals surface area contributed by atoms with E-state index in [-0.39, 0.29) is 0 Å². The quantitative estimate of drug-likeness (QED) is 0.486. The zero-order chi connectivity index (χ0) is 9.61. The number of halogens is 2. The van der Waals surface area contributed by atoms with E-state index < -0.39 is 4.55 Å². The van der Waals surface area contributed by atoms with Gasteiger partial charge in [0.05, 0.1) is 0 Å². The summed E-state index contributed by atoms with van der Waals surface area (Å²) in [6.45, 7) is 4.47. The highest BCUT2D eigenvalue weighted by Crippen LogP contribution is 2.61. The molecule has 0 spiro atoms. The fraction of sp³-hybridized carbons (Fsp3) is 1.00. The van der Waals surface area contributed by atoms with Gasteiger partial charge in [-0.15, -0.1) is 0 Å². The van der Waals surface area contributed by atoms with Crippen LogP contribution in [0.25, 0.3) is 0 Å². The third-order valence-corrected chi connectivity index (χ3v) is 4.66. The molecular formula is C8H17Br2OP. The lowest BCUT2D eigenvalue weighted by atomic mass is 10.1. The summed E-state index contributed by atoms with van der Waals surface area (Å²) in [6, 6.07) is 0. The van der Waals surface area contributed by atoms with Gasteiger partial charge in [0.2, 0.25) is 4.55 Å². The van der Waals surface area contributed by atoms with Crippen molar-refractivity contribution in [1.29, 1.82) is 0 Å². The largest absolute Gasteiger partial charge is 0.300 e. The summed E-state index contributed by atoms with van der Waals surface area (Å²) in [7, 11) is 0. The summed E-state index contributed by atoms with van der Waals surface area (Å²) in [5.41, 5.74) is 0. The first kappa shape index (κ1) is 13.2. The number of hydrogen-bond donors (Lipinski definition) is 0. The van der Waals surface area contributed by atoms with Crippen LogP contribution in [0.15, 0.2) is 0 Å². The molecule has 0 aromatic rings. The van der Waals surface area contributed by atoms with Crippen molar-refractivity contribution in [2.24, 2.45) is 5.92 Å². The van der Waals surface area contributed by atoms with Crippen molar-refractivity contribution in [3.05, 3.63) is 0 Å². The standard InChI is InChI=1S/C8H17Br2OP/c1-8(2)6-4-3-5-7-12(9,10)11/h8H,3-7H2,1-2H3. The van der Waals surface area contributed by atoms with Gasteiger partial charge in [0.1, 0.15) is 0 Å². The van der Waals surface area contributed by atoms with Crippen molar-refractivity contribution in [3.63, 3.8) is 0 Å². The molecule has 0 aliphatic heterocycles. The summed E-state index contributed by atoms with van der Waals surface area (Å²) in [5, 5.41) is 0. The van der Waals surface area contributed by atoms with Gasteiger partial charge in [-0.25, -0.2) is 0 Å². The highest BCUT2D eigenvalue weighted by Gasteiger charge is 2.10. The van der Waals surface area contributed by atoms with Gasteiger partial charge in [-0.3, -0.25) is 4.57 Å². The van der Waals surface area contributed by atoms with Gasteiger partial charge in [0.15, 0.2) is 0 Å². The molecular weight excluding hydrogens is 303 g/mol. The van der Waals surface area contributed by atoms with Crippen LogP contribution in [-0.2, 0) is 4.57 Å². The van der Waals surface area contributed by atoms with Gasteiger partial charge in [0, 0.05) is 6.16 Å². The Labute approximate surface area is 91.5 Å². The van der Waals surface area contributed by atoms with E-state index in [2.05, 4.69) is 44.8 Å². The van der Waals surface area contributed by atoms with Gasteiger partial charge in [-0.05, 0) is 43.3 Å². The van der Waals surface area contributed by atoms with Crippen LogP contribution in [0.3, 0.4) is 0 Å². The number of hydrogen-bond acceptors (Lipinski definition) is 1. The zero-order valence-electron chi connectivity index (χ0n) is 7.72. The molecule has 0 heterocycles. The van der Waals surface area contributed by atoms with E-state index in [1.807, 2.05) is 0 Å². The molecule has 0 aromatic heterocycles. The van der Waals surface area contributed by atoms with E-state index >= 15 is 0 Å². The van der Waals surface area contributed by atoms with E-state index in [4.69, 9.17) is 0 Å². The predicted octanol–water partition coefficient (Wildman–Crippen LogP) is 5.19. The molecule has 0 bridgehead atoms. The van der Waals surface area contributed by atoms with Gasteiger partial charge in [-0.2, -0.15) is 0 Å². The molecule has 0 atom stereocenters. The highest BCUT2D eigenvalue weighted by molar-refractivity contribution is 9.70. The average Bonchev–Trinajstić information content (AvgIpc) is 1.83. The lowest BCUT2D eigenvalue weighted by molar-refractivity contribution is 0.533. The minimum Gasteiger partial charge on any atom is -0.300 e. The van der Waals surface area contributed by atoms with Crippen LogP contribution in [-0.4, -0.2) is 6.16 Å². The molecule has 0 N–H and O–H groups in total. The number of rotatable bonds is 6. The van der Waals surface area contributed by atoms with Crippen molar-refractivity contribution < 1.29 is 4.57 Å². The molecule has 1 nitrogen and oxygen atoms in total. The Hall–Kier alpha value is 1.19. The second-order valence-corrected chi connectivity index (χ2v) is 14.9. The molecule has 4 heteroatoms. The number of unbranched alkanes of at least 4 members (excludes halogenated alkanes) is 2. The van der Waals surface area contributed by atoms with Crippen molar-refractivity contribution in [2.45, 2.75) is 39.5 Å². The van der Waals surface area contributed by atoms with Crippen LogP contribution in [0, 0.1) is 5.92 Å². The smallest absolute Gasteiger partial charge is 0.208 e. The molecule has 0 saturated carbocycles. The zero-order valence-corrected chi connectivity index (χ0v) is 11.8. The molecule has 0 aliphatic carbocycles. The normalized spacial score (nSPS) is 12.4. The molecule has 0 saturated heterocycles. The predicted molar refractivity (Wildman–Crippen MR) is 63.6 cm³/mol. The van der Waals surface area contributed by atoms with E-state index in [1.165, 1.54) is 19.3 Å². The maximum Gasteiger partial charge on any atom is 0.208 e. The summed E-state index contributed by atoms with van der Waals surface area (Å²) in [6.07, 6.45) is 5.57. The summed E-state index contributed by atoms with van der Waals surface area (Å²) in [4.78, 5) is 0. The Balaban J connectivity index is 3.17. The maximum atomic E-state index is 11.1. The van der Waals surface area contributed by atoms with Crippen LogP contribution >= 0.6 is 35.5 Å². The first-order valence-electron chi connectivity index (χ1n) is 4.40. The molecule has 74 valence electrons. The second-order valence-electron chi connectivity index (χ2n) is 3.54. The Bertz CT molecular complexity index is 153. The van der Waals surface area contributed by atoms with Crippen molar-refractivity contribution in [3.8, 4) is 0 Å². The minimum absolute atomic E-state index is 0.769. The van der Waals surface area contributed by atoms with Crippen molar-refractivity contribution in [2.75, 3.05) is 6.16 Å². The molecule has 0 aromatic carbocycles. The van der Waals surface area contributed by atoms with E-state index in [9.17, 15) is 4.57 Å². The third kappa shape index (κ3) is 11.2. The van der Waals surface area contributed by atoms with Crippen LogP contribution in [0.2, 0.25) is 0 Å². The lowest BCUT2D eigenvalue weighted by Crippen LogP contribution is -1.87. The molecule has 0 aliphatic rings. The SMILES string of the molecule is CC(C)CCCCCP(=O)(Br)Br. The van der Waals surface area contributed by atoms with Crippen LogP contribution < -0.4 is 0 Å². The van der Waals surface area contributed by atoms with Gasteiger partial charge < -0.3 is 0 Å². The van der Waals surface area contributed by atoms with Gasteiger partial charge in [-0.1, -0.05) is 33.1 Å². The fourth-order valence-corrected chi connectivity index (χ4v) is 3.12. The topological polar surface area (TPSA) is 17.1 Å².